The monoisotopic (exact) mass is 397 g/mol. The maximum atomic E-state index is 12.7. The summed E-state index contributed by atoms with van der Waals surface area (Å²) in [7, 11) is 0. The Bertz CT molecular complexity index is 1490. The Morgan fingerprint density at radius 1 is 1.07 bits per heavy atom. The van der Waals surface area contributed by atoms with E-state index in [-0.39, 0.29) is 11.5 Å². The number of carbonyl (C=O) groups excluding carboxylic acids is 1. The summed E-state index contributed by atoms with van der Waals surface area (Å²) < 4.78 is 7.15. The molecule has 0 aliphatic carbocycles. The second-order valence-electron chi connectivity index (χ2n) is 6.68. The lowest BCUT2D eigenvalue weighted by Crippen LogP contribution is -2.21. The number of imidazole rings is 1. The predicted molar refractivity (Wildman–Crippen MR) is 111 cm³/mol. The Kier molecular flexibility index (Phi) is 4.10. The largest absolute Gasteiger partial charge is 0.422 e. The van der Waals surface area contributed by atoms with Crippen LogP contribution in [0.2, 0.25) is 0 Å². The van der Waals surface area contributed by atoms with Crippen molar-refractivity contribution >= 4 is 28.5 Å². The quantitative estimate of drug-likeness (QED) is 0.468. The molecule has 146 valence electrons. The lowest BCUT2D eigenvalue weighted by atomic mass is 10.2. The SMILES string of the molecule is Cc1nc2ccccn2c1-c1ccnc(NC(=O)c2cc3ccccc3oc2=O)n1. The van der Waals surface area contributed by atoms with Crippen molar-refractivity contribution < 1.29 is 9.21 Å². The van der Waals surface area contributed by atoms with Crippen LogP contribution >= 0.6 is 0 Å². The van der Waals surface area contributed by atoms with Crippen LogP contribution in [-0.4, -0.2) is 25.3 Å². The van der Waals surface area contributed by atoms with Crippen molar-refractivity contribution in [1.29, 1.82) is 0 Å². The number of aryl methyl sites for hydroxylation is 1. The maximum Gasteiger partial charge on any atom is 0.349 e. The van der Waals surface area contributed by atoms with E-state index in [1.54, 1.807) is 36.5 Å². The van der Waals surface area contributed by atoms with Gasteiger partial charge in [0.05, 0.1) is 17.1 Å². The number of hydrogen-bond donors (Lipinski definition) is 1. The summed E-state index contributed by atoms with van der Waals surface area (Å²) in [4.78, 5) is 38.0. The van der Waals surface area contributed by atoms with Gasteiger partial charge in [-0.05, 0) is 37.3 Å². The lowest BCUT2D eigenvalue weighted by Gasteiger charge is -2.06. The molecule has 5 aromatic rings. The highest BCUT2D eigenvalue weighted by Gasteiger charge is 2.17. The van der Waals surface area contributed by atoms with Crippen LogP contribution in [0.3, 0.4) is 0 Å². The number of para-hydroxylation sites is 1. The molecule has 1 amide bonds. The topological polar surface area (TPSA) is 102 Å². The average Bonchev–Trinajstić information content (AvgIpc) is 3.09. The van der Waals surface area contributed by atoms with Crippen LogP contribution in [0.1, 0.15) is 16.1 Å². The van der Waals surface area contributed by atoms with E-state index in [0.717, 1.165) is 17.0 Å². The molecule has 30 heavy (non-hydrogen) atoms. The maximum absolute atomic E-state index is 12.7. The first-order chi connectivity index (χ1) is 14.6. The molecular formula is C22H15N5O3. The minimum Gasteiger partial charge on any atom is -0.422 e. The van der Waals surface area contributed by atoms with E-state index in [1.165, 1.54) is 6.07 Å². The van der Waals surface area contributed by atoms with Crippen molar-refractivity contribution in [2.45, 2.75) is 6.92 Å². The molecule has 1 N–H and O–H groups in total. The van der Waals surface area contributed by atoms with Gasteiger partial charge in [-0.25, -0.2) is 19.7 Å². The van der Waals surface area contributed by atoms with E-state index in [9.17, 15) is 9.59 Å². The zero-order chi connectivity index (χ0) is 20.7. The molecule has 0 atom stereocenters. The van der Waals surface area contributed by atoms with Crippen molar-refractivity contribution in [2.24, 2.45) is 0 Å². The highest BCUT2D eigenvalue weighted by Crippen LogP contribution is 2.23. The average molecular weight is 397 g/mol. The first kappa shape index (κ1) is 17.7. The van der Waals surface area contributed by atoms with Crippen molar-refractivity contribution in [2.75, 3.05) is 5.32 Å². The molecule has 8 heteroatoms. The minimum atomic E-state index is -0.722. The number of nitrogens with one attached hydrogen (secondary N) is 1. The van der Waals surface area contributed by atoms with Gasteiger partial charge in [-0.3, -0.25) is 14.5 Å². The van der Waals surface area contributed by atoms with Crippen molar-refractivity contribution in [3.05, 3.63) is 88.7 Å². The second-order valence-corrected chi connectivity index (χ2v) is 6.68. The van der Waals surface area contributed by atoms with Gasteiger partial charge in [0.15, 0.2) is 0 Å². The minimum absolute atomic E-state index is 0.0790. The zero-order valence-corrected chi connectivity index (χ0v) is 15.9. The summed E-state index contributed by atoms with van der Waals surface area (Å²) >= 11 is 0. The van der Waals surface area contributed by atoms with Gasteiger partial charge >= 0.3 is 5.63 Å². The third kappa shape index (κ3) is 3.00. The first-order valence-corrected chi connectivity index (χ1v) is 9.21. The predicted octanol–water partition coefficient (Wildman–Crippen LogP) is 3.46. The Balaban J connectivity index is 1.51. The Hall–Kier alpha value is -4.33. The molecular weight excluding hydrogens is 382 g/mol. The summed E-state index contributed by atoms with van der Waals surface area (Å²) in [6.45, 7) is 1.89. The van der Waals surface area contributed by atoms with E-state index in [2.05, 4.69) is 20.3 Å². The van der Waals surface area contributed by atoms with Gasteiger partial charge in [0, 0.05) is 17.8 Å². The Morgan fingerprint density at radius 3 is 2.80 bits per heavy atom. The number of hydrogen-bond acceptors (Lipinski definition) is 6. The standard InChI is InChI=1S/C22H15N5O3/c1-13-19(27-11-5-4-8-18(27)24-13)16-9-10-23-22(25-16)26-20(28)15-12-14-6-2-3-7-17(14)30-21(15)29/h2-12H,1H3,(H,23,25,26,28). The molecule has 4 aromatic heterocycles. The summed E-state index contributed by atoms with van der Waals surface area (Å²) in [5.41, 5.74) is 2.57. The highest BCUT2D eigenvalue weighted by atomic mass is 16.4. The number of anilines is 1. The van der Waals surface area contributed by atoms with Crippen molar-refractivity contribution in [3.63, 3.8) is 0 Å². The fourth-order valence-corrected chi connectivity index (χ4v) is 3.36. The van der Waals surface area contributed by atoms with Gasteiger partial charge < -0.3 is 4.42 Å². The van der Waals surface area contributed by atoms with E-state index >= 15 is 0 Å². The molecule has 5 rings (SSSR count). The molecule has 0 fully saturated rings. The third-order valence-electron chi connectivity index (χ3n) is 4.71. The van der Waals surface area contributed by atoms with Gasteiger partial charge in [-0.1, -0.05) is 24.3 Å². The summed E-state index contributed by atoms with van der Waals surface area (Å²) in [6.07, 6.45) is 3.44. The number of fused-ring (bicyclic) bond motifs is 2. The second kappa shape index (κ2) is 6.93. The summed E-state index contributed by atoms with van der Waals surface area (Å²) in [5, 5.41) is 3.23. The molecule has 0 bridgehead atoms. The van der Waals surface area contributed by atoms with Crippen LogP contribution in [0.25, 0.3) is 28.0 Å². The molecule has 0 aliphatic rings. The van der Waals surface area contributed by atoms with Gasteiger partial charge in [-0.15, -0.1) is 0 Å². The van der Waals surface area contributed by atoms with Crippen LogP contribution in [0.15, 0.2) is 76.2 Å². The Morgan fingerprint density at radius 2 is 1.90 bits per heavy atom. The number of nitrogens with zero attached hydrogens (tertiary/aromatic N) is 4. The molecule has 1 aromatic carbocycles. The number of benzene rings is 1. The van der Waals surface area contributed by atoms with Crippen LogP contribution in [-0.2, 0) is 0 Å². The zero-order valence-electron chi connectivity index (χ0n) is 15.9. The molecule has 0 radical (unpaired) electrons. The molecule has 0 aliphatic heterocycles. The van der Waals surface area contributed by atoms with Crippen molar-refractivity contribution in [1.82, 2.24) is 19.4 Å². The molecule has 8 nitrogen and oxygen atoms in total. The number of rotatable bonds is 3. The molecule has 0 saturated carbocycles. The number of pyridine rings is 1. The molecule has 4 heterocycles. The van der Waals surface area contributed by atoms with Crippen molar-refractivity contribution in [3.8, 4) is 11.4 Å². The van der Waals surface area contributed by atoms with Gasteiger partial charge in [-0.2, -0.15) is 0 Å². The fraction of sp³-hybridized carbons (Fsp3) is 0.0455. The number of aromatic nitrogens is 4. The molecule has 0 unspecified atom stereocenters. The van der Waals surface area contributed by atoms with Gasteiger partial charge in [0.2, 0.25) is 5.95 Å². The molecule has 0 spiro atoms. The van der Waals surface area contributed by atoms with Gasteiger partial charge in [0.25, 0.3) is 5.91 Å². The Labute approximate surface area is 169 Å². The lowest BCUT2D eigenvalue weighted by molar-refractivity contribution is 0.102. The summed E-state index contributed by atoms with van der Waals surface area (Å²) in [5.74, 6) is -0.558. The van der Waals surface area contributed by atoms with Gasteiger partial charge in [0.1, 0.15) is 16.8 Å². The number of amides is 1. The van der Waals surface area contributed by atoms with E-state index in [1.807, 2.05) is 35.7 Å². The smallest absolute Gasteiger partial charge is 0.349 e. The number of carbonyl (C=O) groups is 1. The summed E-state index contributed by atoms with van der Waals surface area (Å²) in [6, 6.07) is 15.9. The van der Waals surface area contributed by atoms with Crippen LogP contribution in [0.5, 0.6) is 0 Å². The van der Waals surface area contributed by atoms with E-state index in [0.29, 0.717) is 16.7 Å². The normalized spacial score (nSPS) is 11.1. The highest BCUT2D eigenvalue weighted by molar-refractivity contribution is 6.04. The first-order valence-electron chi connectivity index (χ1n) is 9.21. The fourth-order valence-electron chi connectivity index (χ4n) is 3.36. The van der Waals surface area contributed by atoms with E-state index < -0.39 is 11.5 Å². The van der Waals surface area contributed by atoms with E-state index in [4.69, 9.17) is 4.42 Å². The third-order valence-corrected chi connectivity index (χ3v) is 4.71. The molecule has 0 saturated heterocycles. The van der Waals surface area contributed by atoms with Crippen LogP contribution in [0.4, 0.5) is 5.95 Å². The van der Waals surface area contributed by atoms with Crippen LogP contribution in [0, 0.1) is 6.92 Å². The van der Waals surface area contributed by atoms with Crippen LogP contribution < -0.4 is 10.9 Å².